The second-order valence-corrected chi connectivity index (χ2v) is 8.42. The minimum Gasteiger partial charge on any atom is -0.421 e. The highest BCUT2D eigenvalue weighted by Gasteiger charge is 2.66. The van der Waals surface area contributed by atoms with Crippen LogP contribution in [0.1, 0.15) is 47.1 Å². The summed E-state index contributed by atoms with van der Waals surface area (Å²) in [7, 11) is 0. The number of ether oxygens (including phenoxy) is 1. The highest BCUT2D eigenvalue weighted by Crippen LogP contribution is 2.52. The van der Waals surface area contributed by atoms with Crippen LogP contribution in [-0.2, 0) is 30.5 Å². The quantitative estimate of drug-likeness (QED) is 0.241. The number of hydrogen-bond acceptors (Lipinski definition) is 4. The molecule has 0 spiro atoms. The van der Waals surface area contributed by atoms with E-state index in [2.05, 4.69) is 30.3 Å². The molecule has 0 fully saturated rings. The standard InChI is InChI=1S/C24H23NO4/c1-15-3-2-4-20-21-18-11-9-16-5-7-17(8-6-16)10-12-19(14-13-18)22(21)29-23(26)24(15,20)25(27)28/h2-3,5-8,13-15,20H,4,9-12H2,1H3/t15-,20+,24-/m1/s1. The van der Waals surface area contributed by atoms with E-state index in [-0.39, 0.29) is 0 Å². The van der Waals surface area contributed by atoms with E-state index in [1.807, 2.05) is 12.1 Å². The van der Waals surface area contributed by atoms with E-state index in [1.54, 1.807) is 13.0 Å². The molecule has 5 heteroatoms. The summed E-state index contributed by atoms with van der Waals surface area (Å²) in [4.78, 5) is 25.0. The van der Waals surface area contributed by atoms with Crippen LogP contribution in [0.2, 0.25) is 0 Å². The number of rotatable bonds is 1. The number of fused-ring (bicyclic) bond motifs is 1. The number of carbonyl (C=O) groups is 1. The van der Waals surface area contributed by atoms with Crippen LogP contribution in [0.5, 0.6) is 5.75 Å². The average Bonchev–Trinajstić information content (AvgIpc) is 2.70. The fourth-order valence-corrected chi connectivity index (χ4v) is 5.30. The van der Waals surface area contributed by atoms with Gasteiger partial charge in [0, 0.05) is 10.5 Å². The average molecular weight is 389 g/mol. The van der Waals surface area contributed by atoms with Gasteiger partial charge < -0.3 is 4.74 Å². The SMILES string of the molecule is C[C@@H]1C=CC[C@H]2c3c4ccc(c3OC(=O)[C@@]12[N+](=O)[O-])CCc1ccc(cc1)CC4. The summed E-state index contributed by atoms with van der Waals surface area (Å²) in [5.41, 5.74) is 3.64. The van der Waals surface area contributed by atoms with Gasteiger partial charge in [-0.2, -0.15) is 0 Å². The van der Waals surface area contributed by atoms with Gasteiger partial charge in [-0.25, -0.2) is 4.79 Å². The Bertz CT molecular complexity index is 1040. The summed E-state index contributed by atoms with van der Waals surface area (Å²) in [6, 6.07) is 12.8. The van der Waals surface area contributed by atoms with Crippen LogP contribution in [0.4, 0.5) is 0 Å². The molecular formula is C24H23NO4. The summed E-state index contributed by atoms with van der Waals surface area (Å²) < 4.78 is 5.82. The van der Waals surface area contributed by atoms with Crippen LogP contribution >= 0.6 is 0 Å². The fraction of sp³-hybridized carbons (Fsp3) is 0.375. The third kappa shape index (κ3) is 2.56. The molecular weight excluding hydrogens is 366 g/mol. The van der Waals surface area contributed by atoms with Crippen molar-refractivity contribution in [1.82, 2.24) is 0 Å². The van der Waals surface area contributed by atoms with Gasteiger partial charge in [-0.15, -0.1) is 0 Å². The summed E-state index contributed by atoms with van der Waals surface area (Å²) in [5, 5.41) is 12.3. The van der Waals surface area contributed by atoms with Gasteiger partial charge in [-0.1, -0.05) is 55.5 Å². The number of nitrogens with zero attached hydrogens (tertiary/aromatic N) is 1. The molecule has 5 nitrogen and oxygen atoms in total. The third-order valence-electron chi connectivity index (χ3n) is 6.95. The molecule has 0 aromatic heterocycles. The molecule has 29 heavy (non-hydrogen) atoms. The largest absolute Gasteiger partial charge is 0.421 e. The third-order valence-corrected chi connectivity index (χ3v) is 6.95. The Morgan fingerprint density at radius 3 is 2.28 bits per heavy atom. The maximum absolute atomic E-state index is 13.1. The number of esters is 1. The van der Waals surface area contributed by atoms with Crippen molar-refractivity contribution in [1.29, 1.82) is 0 Å². The molecule has 0 radical (unpaired) electrons. The van der Waals surface area contributed by atoms with Crippen molar-refractivity contribution in [3.05, 3.63) is 86.5 Å². The number of benzene rings is 2. The maximum Gasteiger partial charge on any atom is 0.391 e. The lowest BCUT2D eigenvalue weighted by Crippen LogP contribution is -2.60. The second-order valence-electron chi connectivity index (χ2n) is 8.42. The zero-order chi connectivity index (χ0) is 20.2. The molecule has 0 N–H and O–H groups in total. The number of hydrogen-bond donors (Lipinski definition) is 0. The van der Waals surface area contributed by atoms with Gasteiger partial charge in [-0.05, 0) is 54.4 Å². The molecule has 4 bridgehead atoms. The Morgan fingerprint density at radius 1 is 1.00 bits per heavy atom. The van der Waals surface area contributed by atoms with E-state index in [0.29, 0.717) is 12.2 Å². The lowest BCUT2D eigenvalue weighted by Gasteiger charge is -2.41. The van der Waals surface area contributed by atoms with Crippen molar-refractivity contribution in [3.8, 4) is 5.75 Å². The zero-order valence-electron chi connectivity index (χ0n) is 16.4. The maximum atomic E-state index is 13.1. The smallest absolute Gasteiger partial charge is 0.391 e. The van der Waals surface area contributed by atoms with Gasteiger partial charge >= 0.3 is 11.5 Å². The Balaban J connectivity index is 1.71. The molecule has 2 aromatic carbocycles. The highest BCUT2D eigenvalue weighted by molar-refractivity contribution is 5.87. The second kappa shape index (κ2) is 6.55. The number of nitro groups is 1. The first-order valence-corrected chi connectivity index (χ1v) is 10.3. The van der Waals surface area contributed by atoms with E-state index in [0.717, 1.165) is 42.4 Å². The summed E-state index contributed by atoms with van der Waals surface area (Å²) in [6.45, 7) is 1.75. The van der Waals surface area contributed by atoms with Gasteiger partial charge in [0.1, 0.15) is 5.75 Å². The van der Waals surface area contributed by atoms with Crippen LogP contribution in [0.15, 0.2) is 48.6 Å². The van der Waals surface area contributed by atoms with E-state index < -0.39 is 28.3 Å². The lowest BCUT2D eigenvalue weighted by molar-refractivity contribution is -0.568. The lowest BCUT2D eigenvalue weighted by atomic mass is 9.64. The van der Waals surface area contributed by atoms with E-state index in [1.165, 1.54) is 11.1 Å². The molecule has 2 aromatic rings. The van der Waals surface area contributed by atoms with Gasteiger partial charge in [0.05, 0.1) is 11.8 Å². The number of allylic oxidation sites excluding steroid dienone is 1. The minimum atomic E-state index is -1.74. The Labute approximate surface area is 169 Å². The molecule has 0 saturated carbocycles. The number of carbonyl (C=O) groups excluding carboxylic acids is 1. The molecule has 5 aliphatic carbocycles. The van der Waals surface area contributed by atoms with Crippen LogP contribution < -0.4 is 4.74 Å². The monoisotopic (exact) mass is 389 g/mol. The predicted molar refractivity (Wildman–Crippen MR) is 109 cm³/mol. The summed E-state index contributed by atoms with van der Waals surface area (Å²) >= 11 is 0. The predicted octanol–water partition coefficient (Wildman–Crippen LogP) is 4.18. The first-order valence-electron chi connectivity index (χ1n) is 10.3. The summed E-state index contributed by atoms with van der Waals surface area (Å²) in [5.74, 6) is -1.15. The van der Waals surface area contributed by atoms with Crippen LogP contribution in [0.3, 0.4) is 0 Å². The topological polar surface area (TPSA) is 69.4 Å². The highest BCUT2D eigenvalue weighted by atomic mass is 16.6. The first-order chi connectivity index (χ1) is 14.0. The summed E-state index contributed by atoms with van der Waals surface area (Å²) in [6.07, 6.45) is 7.44. The molecule has 0 amide bonds. The van der Waals surface area contributed by atoms with Crippen molar-refractivity contribution < 1.29 is 14.5 Å². The van der Waals surface area contributed by atoms with E-state index in [9.17, 15) is 14.9 Å². The molecule has 0 saturated heterocycles. The van der Waals surface area contributed by atoms with E-state index >= 15 is 0 Å². The van der Waals surface area contributed by atoms with Crippen molar-refractivity contribution >= 4 is 5.97 Å². The Hall–Kier alpha value is -2.95. The molecule has 6 aliphatic rings. The van der Waals surface area contributed by atoms with Crippen molar-refractivity contribution in [2.75, 3.05) is 0 Å². The molecule has 1 aliphatic heterocycles. The van der Waals surface area contributed by atoms with Crippen molar-refractivity contribution in [2.24, 2.45) is 5.92 Å². The van der Waals surface area contributed by atoms with E-state index in [4.69, 9.17) is 4.74 Å². The van der Waals surface area contributed by atoms with Crippen LogP contribution in [-0.4, -0.2) is 16.4 Å². The van der Waals surface area contributed by atoms with Crippen LogP contribution in [0, 0.1) is 16.0 Å². The molecule has 1 heterocycles. The molecule has 8 rings (SSSR count). The molecule has 3 atom stereocenters. The van der Waals surface area contributed by atoms with Gasteiger partial charge in [-0.3, -0.25) is 10.1 Å². The van der Waals surface area contributed by atoms with Crippen molar-refractivity contribution in [2.45, 2.75) is 50.5 Å². The Morgan fingerprint density at radius 2 is 1.62 bits per heavy atom. The first kappa shape index (κ1) is 18.1. The van der Waals surface area contributed by atoms with Crippen LogP contribution in [0.25, 0.3) is 0 Å². The fourth-order valence-electron chi connectivity index (χ4n) is 5.30. The minimum absolute atomic E-state index is 0.394. The van der Waals surface area contributed by atoms with Gasteiger partial charge in [0.2, 0.25) is 0 Å². The molecule has 148 valence electrons. The van der Waals surface area contributed by atoms with Gasteiger partial charge in [0.25, 0.3) is 0 Å². The molecule has 0 unspecified atom stereocenters. The normalized spacial score (nSPS) is 27.4. The van der Waals surface area contributed by atoms with Gasteiger partial charge in [0.15, 0.2) is 0 Å². The number of aryl methyl sites for hydroxylation is 4. The Kier molecular flexibility index (Phi) is 4.09. The van der Waals surface area contributed by atoms with Crippen molar-refractivity contribution in [3.63, 3.8) is 0 Å². The zero-order valence-corrected chi connectivity index (χ0v) is 16.4.